The van der Waals surface area contributed by atoms with E-state index in [0.717, 1.165) is 17.0 Å². The summed E-state index contributed by atoms with van der Waals surface area (Å²) < 4.78 is 0. The molecule has 0 spiro atoms. The average Bonchev–Trinajstić information content (AvgIpc) is 3.13. The summed E-state index contributed by atoms with van der Waals surface area (Å²) in [6, 6.07) is 9.75. The van der Waals surface area contributed by atoms with Gasteiger partial charge in [0.15, 0.2) is 0 Å². The monoisotopic (exact) mass is 398 g/mol. The molecule has 0 atom stereocenters. The Kier molecular flexibility index (Phi) is 6.92. The van der Waals surface area contributed by atoms with E-state index in [9.17, 15) is 9.59 Å². The molecule has 2 aromatic rings. The van der Waals surface area contributed by atoms with Crippen LogP contribution in [0.4, 0.5) is 5.13 Å². The number of amides is 2. The van der Waals surface area contributed by atoms with Crippen LogP contribution in [0.2, 0.25) is 0 Å². The molecule has 0 aliphatic carbocycles. The molecule has 1 N–H and O–H groups in total. The number of anilines is 1. The Morgan fingerprint density at radius 3 is 2.61 bits per heavy atom. The smallest absolute Gasteiger partial charge is 0.246 e. The maximum atomic E-state index is 12.5. The van der Waals surface area contributed by atoms with Crippen LogP contribution >= 0.6 is 11.3 Å². The molecular formula is C21H26N4O2S. The Morgan fingerprint density at radius 1 is 1.21 bits per heavy atom. The Balaban J connectivity index is 1.46. The second kappa shape index (κ2) is 9.59. The van der Waals surface area contributed by atoms with E-state index >= 15 is 0 Å². The largest absolute Gasteiger partial charge is 0.339 e. The van der Waals surface area contributed by atoms with Crippen molar-refractivity contribution >= 4 is 34.4 Å². The predicted octanol–water partition coefficient (Wildman–Crippen LogP) is 3.63. The third-order valence-corrected chi connectivity index (χ3v) is 5.54. The molecule has 3 rings (SSSR count). The number of aromatic nitrogens is 2. The van der Waals surface area contributed by atoms with E-state index < -0.39 is 0 Å². The number of rotatable bonds is 6. The fourth-order valence-electron chi connectivity index (χ4n) is 3.14. The second-order valence-corrected chi connectivity index (χ2v) is 8.49. The zero-order valence-electron chi connectivity index (χ0n) is 16.3. The van der Waals surface area contributed by atoms with Crippen molar-refractivity contribution in [3.05, 3.63) is 47.0 Å². The summed E-state index contributed by atoms with van der Waals surface area (Å²) in [5, 5.41) is 12.6. The van der Waals surface area contributed by atoms with Crippen LogP contribution in [0, 0.1) is 11.8 Å². The molecule has 2 amide bonds. The fraction of sp³-hybridized carbons (Fsp3) is 0.429. The third-order valence-electron chi connectivity index (χ3n) is 4.68. The summed E-state index contributed by atoms with van der Waals surface area (Å²) in [4.78, 5) is 26.6. The van der Waals surface area contributed by atoms with Gasteiger partial charge in [0.2, 0.25) is 16.9 Å². The minimum atomic E-state index is -0.0976. The summed E-state index contributed by atoms with van der Waals surface area (Å²) in [6.45, 7) is 5.43. The molecule has 1 aromatic carbocycles. The first-order valence-electron chi connectivity index (χ1n) is 9.66. The number of hydrogen-bond donors (Lipinski definition) is 1. The molecule has 0 radical (unpaired) electrons. The molecule has 1 aromatic heterocycles. The number of hydrogen-bond acceptors (Lipinski definition) is 5. The Bertz CT molecular complexity index is 824. The molecule has 1 aliphatic heterocycles. The first-order chi connectivity index (χ1) is 13.5. The van der Waals surface area contributed by atoms with Crippen molar-refractivity contribution < 1.29 is 9.59 Å². The van der Waals surface area contributed by atoms with Gasteiger partial charge >= 0.3 is 0 Å². The molecule has 2 heterocycles. The molecule has 1 fully saturated rings. The summed E-state index contributed by atoms with van der Waals surface area (Å²) in [5.74, 6) is 0.373. The van der Waals surface area contributed by atoms with Gasteiger partial charge in [0, 0.05) is 31.5 Å². The van der Waals surface area contributed by atoms with Gasteiger partial charge in [-0.1, -0.05) is 55.5 Å². The van der Waals surface area contributed by atoms with E-state index in [-0.39, 0.29) is 17.7 Å². The highest BCUT2D eigenvalue weighted by atomic mass is 32.1. The Labute approximate surface area is 169 Å². The normalized spacial score (nSPS) is 15.3. The number of nitrogens with one attached hydrogen (secondary N) is 1. The number of benzene rings is 1. The first-order valence-corrected chi connectivity index (χ1v) is 10.5. The van der Waals surface area contributed by atoms with Crippen molar-refractivity contribution in [2.24, 2.45) is 11.8 Å². The minimum Gasteiger partial charge on any atom is -0.339 e. The fourth-order valence-corrected chi connectivity index (χ4v) is 4.10. The van der Waals surface area contributed by atoms with Gasteiger partial charge in [-0.2, -0.15) is 0 Å². The van der Waals surface area contributed by atoms with Crippen molar-refractivity contribution in [3.63, 3.8) is 0 Å². The molecule has 7 heteroatoms. The second-order valence-electron chi connectivity index (χ2n) is 7.43. The van der Waals surface area contributed by atoms with Crippen molar-refractivity contribution in [2.45, 2.75) is 33.1 Å². The first kappa shape index (κ1) is 20.2. The highest BCUT2D eigenvalue weighted by Crippen LogP contribution is 2.22. The van der Waals surface area contributed by atoms with Gasteiger partial charge in [-0.25, -0.2) is 0 Å². The van der Waals surface area contributed by atoms with E-state index in [1.165, 1.54) is 11.3 Å². The molecule has 0 bridgehead atoms. The average molecular weight is 399 g/mol. The lowest BCUT2D eigenvalue weighted by atomic mass is 9.96. The highest BCUT2D eigenvalue weighted by molar-refractivity contribution is 7.15. The van der Waals surface area contributed by atoms with Gasteiger partial charge < -0.3 is 10.2 Å². The molecule has 28 heavy (non-hydrogen) atoms. The van der Waals surface area contributed by atoms with Crippen LogP contribution in [0.1, 0.15) is 37.3 Å². The van der Waals surface area contributed by atoms with Crippen LogP contribution in [0.25, 0.3) is 6.08 Å². The number of likely N-dealkylation sites (tertiary alicyclic amines) is 1. The highest BCUT2D eigenvalue weighted by Gasteiger charge is 2.27. The van der Waals surface area contributed by atoms with E-state index in [2.05, 4.69) is 29.4 Å². The van der Waals surface area contributed by atoms with E-state index in [1.807, 2.05) is 36.4 Å². The van der Waals surface area contributed by atoms with Gasteiger partial charge in [-0.15, -0.1) is 10.2 Å². The summed E-state index contributed by atoms with van der Waals surface area (Å²) >= 11 is 1.44. The lowest BCUT2D eigenvalue weighted by Gasteiger charge is -2.30. The maximum Gasteiger partial charge on any atom is 0.246 e. The number of carbonyl (C=O) groups is 2. The van der Waals surface area contributed by atoms with Crippen molar-refractivity contribution in [1.82, 2.24) is 15.1 Å². The van der Waals surface area contributed by atoms with Gasteiger partial charge in [0.05, 0.1) is 0 Å². The molecule has 148 valence electrons. The molecular weight excluding hydrogens is 372 g/mol. The van der Waals surface area contributed by atoms with Gasteiger partial charge in [0.1, 0.15) is 5.01 Å². The summed E-state index contributed by atoms with van der Waals surface area (Å²) in [5.41, 5.74) is 0.999. The van der Waals surface area contributed by atoms with Crippen LogP contribution in [-0.4, -0.2) is 40.0 Å². The zero-order valence-corrected chi connectivity index (χ0v) is 17.1. The van der Waals surface area contributed by atoms with Gasteiger partial charge in [-0.3, -0.25) is 9.59 Å². The van der Waals surface area contributed by atoms with Crippen molar-refractivity contribution in [3.8, 4) is 0 Å². The van der Waals surface area contributed by atoms with Crippen LogP contribution < -0.4 is 5.32 Å². The summed E-state index contributed by atoms with van der Waals surface area (Å²) in [6.07, 6.45) is 5.62. The minimum absolute atomic E-state index is 0.00911. The topological polar surface area (TPSA) is 75.2 Å². The van der Waals surface area contributed by atoms with E-state index in [0.29, 0.717) is 37.0 Å². The van der Waals surface area contributed by atoms with Crippen molar-refractivity contribution in [2.75, 3.05) is 18.4 Å². The molecule has 6 nitrogen and oxygen atoms in total. The zero-order chi connectivity index (χ0) is 19.9. The van der Waals surface area contributed by atoms with Crippen LogP contribution in [0.3, 0.4) is 0 Å². The lowest BCUT2D eigenvalue weighted by molar-refractivity contribution is -0.130. The lowest BCUT2D eigenvalue weighted by Crippen LogP contribution is -2.40. The number of piperidine rings is 1. The van der Waals surface area contributed by atoms with Crippen molar-refractivity contribution in [1.29, 1.82) is 0 Å². The van der Waals surface area contributed by atoms with Crippen LogP contribution in [0.5, 0.6) is 0 Å². The SMILES string of the molecule is CC(C)Cc1nnc(NC(=O)C2CCN(C(=O)/C=C/c3ccccc3)CC2)s1. The van der Waals surface area contributed by atoms with E-state index in [4.69, 9.17) is 0 Å². The van der Waals surface area contributed by atoms with E-state index in [1.54, 1.807) is 11.0 Å². The Morgan fingerprint density at radius 2 is 1.93 bits per heavy atom. The molecule has 0 unspecified atom stereocenters. The molecule has 1 aliphatic rings. The number of nitrogens with zero attached hydrogens (tertiary/aromatic N) is 3. The maximum absolute atomic E-state index is 12.5. The number of carbonyl (C=O) groups excluding carboxylic acids is 2. The molecule has 0 saturated carbocycles. The Hall–Kier alpha value is -2.54. The van der Waals surface area contributed by atoms with Gasteiger partial charge in [0.25, 0.3) is 0 Å². The predicted molar refractivity (Wildman–Crippen MR) is 112 cm³/mol. The van der Waals surface area contributed by atoms with Gasteiger partial charge in [-0.05, 0) is 30.4 Å². The molecule has 1 saturated heterocycles. The van der Waals surface area contributed by atoms with Crippen LogP contribution in [-0.2, 0) is 16.0 Å². The summed E-state index contributed by atoms with van der Waals surface area (Å²) in [7, 11) is 0. The standard InChI is InChI=1S/C21H26N4O2S/c1-15(2)14-18-23-24-21(28-18)22-20(27)17-10-12-25(13-11-17)19(26)9-8-16-6-4-3-5-7-16/h3-9,15,17H,10-14H2,1-2H3,(H,22,24,27)/b9-8+. The van der Waals surface area contributed by atoms with Crippen LogP contribution in [0.15, 0.2) is 36.4 Å². The third kappa shape index (κ3) is 5.73. The quantitative estimate of drug-likeness (QED) is 0.754.